The standard InChI is InChI=1S/C45H76N14O13/c1-22(2)18-30(42(70)59-36(24(5)61)44(72)57-33(21-60)43(71)58-35(23(3)4)37(48)65)54-41(69)32(20-34(47)64)56-40(68)31(19-26-12-14-27(63)15-13-26)55-39(67)29(11-9-17-51-45(49)50)53-38(66)28(52-25(6)62)10-7-8-16-46/h12-15,22-24,28-33,35-36,60-61,63H,7-11,16-21,46H2,1-6H3,(H2,47,64)(H2,48,65)(H,52,62)(H,53,66)(H,54,69)(H,55,67)(H,56,68)(H,57,72)(H,58,71)(H,59,70)(H4,49,50,51). The fraction of sp³-hybridized carbons (Fsp3) is 0.622. The number of aromatic hydroxyl groups is 1. The number of nitrogens with two attached hydrogens (primary N) is 5. The number of aliphatic hydroxyl groups is 2. The summed E-state index contributed by atoms with van der Waals surface area (Å²) in [5, 5.41) is 49.9. The quantitative estimate of drug-likeness (QED) is 0.0177. The van der Waals surface area contributed by atoms with Gasteiger partial charge in [0.25, 0.3) is 0 Å². The molecule has 21 N–H and O–H groups in total. The number of guanidine groups is 1. The molecule has 1 aromatic rings. The van der Waals surface area contributed by atoms with Crippen molar-refractivity contribution in [2.45, 2.75) is 147 Å². The van der Waals surface area contributed by atoms with Crippen LogP contribution in [0.2, 0.25) is 0 Å². The molecule has 9 unspecified atom stereocenters. The van der Waals surface area contributed by atoms with E-state index in [1.165, 1.54) is 31.2 Å². The number of nitrogens with zero attached hydrogens (tertiary/aromatic N) is 1. The number of aliphatic imine (C=N–C) groups is 1. The van der Waals surface area contributed by atoms with Crippen molar-refractivity contribution in [3.63, 3.8) is 0 Å². The van der Waals surface area contributed by atoms with E-state index in [1.54, 1.807) is 27.7 Å². The molecule has 72 heavy (non-hydrogen) atoms. The van der Waals surface area contributed by atoms with Gasteiger partial charge in [-0.15, -0.1) is 0 Å². The van der Waals surface area contributed by atoms with Crippen molar-refractivity contribution in [1.29, 1.82) is 0 Å². The molecule has 10 amide bonds. The highest BCUT2D eigenvalue weighted by Gasteiger charge is 2.36. The summed E-state index contributed by atoms with van der Waals surface area (Å²) >= 11 is 0. The van der Waals surface area contributed by atoms with E-state index in [-0.39, 0.29) is 56.3 Å². The molecule has 1 aromatic carbocycles. The number of hydrogen-bond acceptors (Lipinski definition) is 15. The summed E-state index contributed by atoms with van der Waals surface area (Å²) in [6.45, 7) is 8.31. The van der Waals surface area contributed by atoms with E-state index in [2.05, 4.69) is 47.5 Å². The van der Waals surface area contributed by atoms with E-state index in [9.17, 15) is 63.3 Å². The van der Waals surface area contributed by atoms with Crippen LogP contribution in [-0.2, 0) is 54.4 Å². The molecule has 1 rings (SSSR count). The number of benzene rings is 1. The lowest BCUT2D eigenvalue weighted by molar-refractivity contribution is -0.138. The summed E-state index contributed by atoms with van der Waals surface area (Å²) in [6.07, 6.45) is -1.60. The summed E-state index contributed by atoms with van der Waals surface area (Å²) < 4.78 is 0. The van der Waals surface area contributed by atoms with Crippen molar-refractivity contribution in [3.8, 4) is 5.75 Å². The van der Waals surface area contributed by atoms with Crippen LogP contribution in [0, 0.1) is 11.8 Å². The number of rotatable bonds is 33. The molecule has 0 spiro atoms. The van der Waals surface area contributed by atoms with Crippen molar-refractivity contribution in [2.75, 3.05) is 19.7 Å². The molecule has 0 bridgehead atoms. The highest BCUT2D eigenvalue weighted by molar-refractivity contribution is 5.99. The average Bonchev–Trinajstić information content (AvgIpc) is 3.28. The first-order chi connectivity index (χ1) is 33.7. The fourth-order valence-corrected chi connectivity index (χ4v) is 6.99. The maximum absolute atomic E-state index is 14.3. The van der Waals surface area contributed by atoms with Gasteiger partial charge in [0.1, 0.15) is 54.1 Å². The summed E-state index contributed by atoms with van der Waals surface area (Å²) in [4.78, 5) is 136. The average molecular weight is 1020 g/mol. The second-order valence-corrected chi connectivity index (χ2v) is 18.0. The molecular weight excluding hydrogens is 945 g/mol. The van der Waals surface area contributed by atoms with Gasteiger partial charge in [-0.05, 0) is 81.5 Å². The minimum atomic E-state index is -1.80. The molecule has 0 heterocycles. The molecule has 0 aliphatic rings. The highest BCUT2D eigenvalue weighted by atomic mass is 16.3. The topological polar surface area (TPSA) is 470 Å². The Morgan fingerprint density at radius 2 is 1.06 bits per heavy atom. The molecule has 0 saturated carbocycles. The van der Waals surface area contributed by atoms with Crippen molar-refractivity contribution in [1.82, 2.24) is 42.5 Å². The molecule has 27 nitrogen and oxygen atoms in total. The largest absolute Gasteiger partial charge is 0.508 e. The van der Waals surface area contributed by atoms with E-state index in [0.29, 0.717) is 24.9 Å². The molecule has 0 aliphatic heterocycles. The zero-order valence-corrected chi connectivity index (χ0v) is 41.7. The van der Waals surface area contributed by atoms with Gasteiger partial charge in [-0.1, -0.05) is 39.8 Å². The molecule has 404 valence electrons. The van der Waals surface area contributed by atoms with Gasteiger partial charge in [-0.2, -0.15) is 0 Å². The second kappa shape index (κ2) is 32.0. The molecule has 0 fully saturated rings. The summed E-state index contributed by atoms with van der Waals surface area (Å²) in [5.41, 5.74) is 27.8. The van der Waals surface area contributed by atoms with Gasteiger partial charge in [0, 0.05) is 19.9 Å². The van der Waals surface area contributed by atoms with E-state index >= 15 is 0 Å². The van der Waals surface area contributed by atoms with Crippen molar-refractivity contribution in [3.05, 3.63) is 29.8 Å². The van der Waals surface area contributed by atoms with E-state index in [4.69, 9.17) is 28.7 Å². The zero-order valence-electron chi connectivity index (χ0n) is 41.7. The van der Waals surface area contributed by atoms with Gasteiger partial charge in [-0.25, -0.2) is 0 Å². The van der Waals surface area contributed by atoms with Crippen molar-refractivity contribution in [2.24, 2.45) is 45.5 Å². The third-order valence-electron chi connectivity index (χ3n) is 10.8. The van der Waals surface area contributed by atoms with Gasteiger partial charge in [-0.3, -0.25) is 52.9 Å². The van der Waals surface area contributed by atoms with Crippen molar-refractivity contribution < 1.29 is 63.3 Å². The van der Waals surface area contributed by atoms with Crippen LogP contribution in [-0.4, -0.2) is 154 Å². The first kappa shape index (κ1) is 62.9. The molecule has 0 aliphatic carbocycles. The Hall–Kier alpha value is -7.13. The van der Waals surface area contributed by atoms with Gasteiger partial charge in [0.2, 0.25) is 59.1 Å². The maximum Gasteiger partial charge on any atom is 0.245 e. The smallest absolute Gasteiger partial charge is 0.245 e. The Morgan fingerprint density at radius 3 is 1.56 bits per heavy atom. The lowest BCUT2D eigenvalue weighted by Gasteiger charge is -2.29. The van der Waals surface area contributed by atoms with Crippen LogP contribution in [0.3, 0.4) is 0 Å². The number of primary amides is 2. The number of phenolic OH excluding ortho intramolecular Hbond substituents is 1. The van der Waals surface area contributed by atoms with E-state index in [1.807, 2.05) is 0 Å². The first-order valence-corrected chi connectivity index (χ1v) is 23.5. The van der Waals surface area contributed by atoms with Crippen LogP contribution >= 0.6 is 0 Å². The third kappa shape index (κ3) is 23.7. The van der Waals surface area contributed by atoms with Crippen LogP contribution in [0.1, 0.15) is 92.1 Å². The molecule has 0 aromatic heterocycles. The summed E-state index contributed by atoms with van der Waals surface area (Å²) in [6, 6.07) is -6.37. The maximum atomic E-state index is 14.3. The van der Waals surface area contributed by atoms with Crippen LogP contribution in [0.25, 0.3) is 0 Å². The number of phenols is 1. The second-order valence-electron chi connectivity index (χ2n) is 18.0. The van der Waals surface area contributed by atoms with Crippen LogP contribution < -0.4 is 71.2 Å². The van der Waals surface area contributed by atoms with Gasteiger partial charge < -0.3 is 86.5 Å². The molecule has 0 radical (unpaired) electrons. The number of hydrogen-bond donors (Lipinski definition) is 16. The molecule has 0 saturated heterocycles. The van der Waals surface area contributed by atoms with Gasteiger partial charge >= 0.3 is 0 Å². The monoisotopic (exact) mass is 1020 g/mol. The van der Waals surface area contributed by atoms with Gasteiger partial charge in [0.15, 0.2) is 5.96 Å². The number of carbonyl (C=O) groups is 10. The van der Waals surface area contributed by atoms with Crippen LogP contribution in [0.4, 0.5) is 0 Å². The summed E-state index contributed by atoms with van der Waals surface area (Å²) in [7, 11) is 0. The highest BCUT2D eigenvalue weighted by Crippen LogP contribution is 2.14. The molecule has 9 atom stereocenters. The number of carbonyl (C=O) groups excluding carboxylic acids is 10. The lowest BCUT2D eigenvalue weighted by Crippen LogP contribution is -2.62. The normalized spacial score (nSPS) is 14.8. The van der Waals surface area contributed by atoms with E-state index < -0.39 is 132 Å². The number of aliphatic hydroxyl groups excluding tert-OH is 2. The zero-order chi connectivity index (χ0) is 54.8. The van der Waals surface area contributed by atoms with Gasteiger partial charge in [0.05, 0.1) is 19.1 Å². The summed E-state index contributed by atoms with van der Waals surface area (Å²) in [5.74, 6) is -10.6. The minimum Gasteiger partial charge on any atom is -0.508 e. The third-order valence-corrected chi connectivity index (χ3v) is 10.8. The Balaban J connectivity index is 3.57. The van der Waals surface area contributed by atoms with Crippen LogP contribution in [0.15, 0.2) is 29.3 Å². The minimum absolute atomic E-state index is 0.0408. The lowest BCUT2D eigenvalue weighted by atomic mass is 10.0. The number of nitrogens with one attached hydrogen (secondary N) is 8. The molecule has 27 heteroatoms. The Labute approximate surface area is 418 Å². The first-order valence-electron chi connectivity index (χ1n) is 23.5. The predicted octanol–water partition coefficient (Wildman–Crippen LogP) is -5.55. The molecular formula is C45H76N14O13. The fourth-order valence-electron chi connectivity index (χ4n) is 6.99. The Kier molecular flexibility index (Phi) is 27.9. The number of amides is 10. The number of unbranched alkanes of at least 4 members (excludes halogenated alkanes) is 1. The van der Waals surface area contributed by atoms with Crippen molar-refractivity contribution >= 4 is 65.0 Å². The Bertz CT molecular complexity index is 2030. The van der Waals surface area contributed by atoms with E-state index in [0.717, 1.165) is 6.92 Å². The predicted molar refractivity (Wildman–Crippen MR) is 262 cm³/mol. The SMILES string of the molecule is CC(=O)NC(CCCCN)C(=O)NC(CCCN=C(N)N)C(=O)NC(Cc1ccc(O)cc1)C(=O)NC(CC(N)=O)C(=O)NC(CC(C)C)C(=O)NC(C(=O)NC(CO)C(=O)NC(C(N)=O)C(C)C)C(C)O. The Morgan fingerprint density at radius 1 is 0.583 bits per heavy atom. The van der Waals surface area contributed by atoms with Crippen LogP contribution in [0.5, 0.6) is 5.75 Å².